The van der Waals surface area contributed by atoms with Crippen LogP contribution < -0.4 is 9.86 Å². The molecule has 0 bridgehead atoms. The lowest BCUT2D eigenvalue weighted by atomic mass is 10.1. The Morgan fingerprint density at radius 1 is 1.17 bits per heavy atom. The zero-order valence-electron chi connectivity index (χ0n) is 14.9. The minimum atomic E-state index is -4.08. The first-order valence-corrected chi connectivity index (χ1v) is 9.79. The molecule has 0 saturated carbocycles. The highest BCUT2D eigenvalue weighted by atomic mass is 32.2. The second kappa shape index (κ2) is 6.45. The SMILES string of the molecule is CN(c1cccc(F)c1)S(=O)(=O)c1ccc2[nH]c(=O)c3[nH]cc(C(=O)O)c3c2c1. The molecule has 0 amide bonds. The van der Waals surface area contributed by atoms with Crippen molar-refractivity contribution in [2.75, 3.05) is 11.4 Å². The molecular weight excluding hydrogens is 401 g/mol. The number of sulfonamides is 1. The van der Waals surface area contributed by atoms with Crippen LogP contribution in [0.2, 0.25) is 0 Å². The summed E-state index contributed by atoms with van der Waals surface area (Å²) < 4.78 is 40.5. The Hall–Kier alpha value is -3.66. The largest absolute Gasteiger partial charge is 0.478 e. The van der Waals surface area contributed by atoms with Gasteiger partial charge in [0, 0.05) is 29.5 Å². The molecule has 4 aromatic rings. The summed E-state index contributed by atoms with van der Waals surface area (Å²) in [6, 6.07) is 9.11. The van der Waals surface area contributed by atoms with Gasteiger partial charge in [0.25, 0.3) is 15.6 Å². The monoisotopic (exact) mass is 415 g/mol. The van der Waals surface area contributed by atoms with E-state index in [9.17, 15) is 27.5 Å². The number of carbonyl (C=O) groups is 1. The van der Waals surface area contributed by atoms with E-state index < -0.39 is 27.4 Å². The van der Waals surface area contributed by atoms with E-state index in [4.69, 9.17) is 0 Å². The molecule has 2 aromatic carbocycles. The number of carboxylic acids is 1. The first-order valence-electron chi connectivity index (χ1n) is 8.35. The van der Waals surface area contributed by atoms with Crippen LogP contribution in [0.1, 0.15) is 10.4 Å². The fraction of sp³-hybridized carbons (Fsp3) is 0.0526. The molecule has 0 spiro atoms. The molecule has 0 aliphatic carbocycles. The molecule has 148 valence electrons. The number of hydrogen-bond donors (Lipinski definition) is 3. The van der Waals surface area contributed by atoms with E-state index in [1.54, 1.807) is 0 Å². The molecule has 0 aliphatic heterocycles. The van der Waals surface area contributed by atoms with Crippen LogP contribution in [0.3, 0.4) is 0 Å². The Balaban J connectivity index is 1.96. The number of nitrogens with one attached hydrogen (secondary N) is 2. The maximum atomic E-state index is 13.5. The molecule has 3 N–H and O–H groups in total. The van der Waals surface area contributed by atoms with Gasteiger partial charge in [-0.3, -0.25) is 9.10 Å². The summed E-state index contributed by atoms with van der Waals surface area (Å²) in [6.07, 6.45) is 1.18. The molecular formula is C19H14FN3O5S. The average Bonchev–Trinajstić information content (AvgIpc) is 3.13. The summed E-state index contributed by atoms with van der Waals surface area (Å²) in [5, 5.41) is 9.79. The van der Waals surface area contributed by atoms with E-state index in [0.717, 1.165) is 10.4 Å². The van der Waals surface area contributed by atoms with E-state index in [1.165, 1.54) is 49.6 Å². The average molecular weight is 415 g/mol. The van der Waals surface area contributed by atoms with Crippen molar-refractivity contribution in [3.63, 3.8) is 0 Å². The van der Waals surface area contributed by atoms with Gasteiger partial charge in [-0.1, -0.05) is 6.07 Å². The summed E-state index contributed by atoms with van der Waals surface area (Å²) in [6.45, 7) is 0. The molecule has 2 heterocycles. The summed E-state index contributed by atoms with van der Waals surface area (Å²) in [5.41, 5.74) is -0.221. The topological polar surface area (TPSA) is 123 Å². The lowest BCUT2D eigenvalue weighted by molar-refractivity contribution is 0.0699. The molecule has 10 heteroatoms. The fourth-order valence-corrected chi connectivity index (χ4v) is 4.42. The third kappa shape index (κ3) is 2.93. The molecule has 2 aromatic heterocycles. The van der Waals surface area contributed by atoms with Crippen LogP contribution in [-0.4, -0.2) is 36.5 Å². The minimum Gasteiger partial charge on any atom is -0.478 e. The van der Waals surface area contributed by atoms with Crippen molar-refractivity contribution in [2.24, 2.45) is 0 Å². The van der Waals surface area contributed by atoms with Crippen LogP contribution in [0.4, 0.5) is 10.1 Å². The van der Waals surface area contributed by atoms with Crippen molar-refractivity contribution in [2.45, 2.75) is 4.90 Å². The second-order valence-electron chi connectivity index (χ2n) is 6.37. The lowest BCUT2D eigenvalue weighted by Crippen LogP contribution is -2.26. The number of nitrogens with zero attached hydrogens (tertiary/aromatic N) is 1. The van der Waals surface area contributed by atoms with Crippen molar-refractivity contribution < 1.29 is 22.7 Å². The fourth-order valence-electron chi connectivity index (χ4n) is 3.20. The van der Waals surface area contributed by atoms with Crippen LogP contribution in [-0.2, 0) is 10.0 Å². The maximum absolute atomic E-state index is 13.5. The highest BCUT2D eigenvalue weighted by molar-refractivity contribution is 7.92. The zero-order valence-corrected chi connectivity index (χ0v) is 15.7. The van der Waals surface area contributed by atoms with Crippen LogP contribution in [0.15, 0.2) is 58.4 Å². The lowest BCUT2D eigenvalue weighted by Gasteiger charge is -2.20. The van der Waals surface area contributed by atoms with Gasteiger partial charge in [-0.15, -0.1) is 0 Å². The van der Waals surface area contributed by atoms with Crippen LogP contribution in [0.25, 0.3) is 21.8 Å². The molecule has 0 saturated heterocycles. The predicted molar refractivity (Wildman–Crippen MR) is 105 cm³/mol. The highest BCUT2D eigenvalue weighted by Gasteiger charge is 2.24. The van der Waals surface area contributed by atoms with Crippen molar-refractivity contribution in [1.82, 2.24) is 9.97 Å². The van der Waals surface area contributed by atoms with Gasteiger partial charge >= 0.3 is 5.97 Å². The number of anilines is 1. The smallest absolute Gasteiger partial charge is 0.337 e. The normalized spacial score (nSPS) is 11.8. The number of carboxylic acid groups (broad SMARTS) is 1. The van der Waals surface area contributed by atoms with E-state index in [0.29, 0.717) is 0 Å². The third-order valence-electron chi connectivity index (χ3n) is 4.68. The number of halogens is 1. The van der Waals surface area contributed by atoms with Gasteiger partial charge in [-0.2, -0.15) is 0 Å². The summed E-state index contributed by atoms with van der Waals surface area (Å²) in [4.78, 5) is 28.8. The van der Waals surface area contributed by atoms with E-state index in [2.05, 4.69) is 9.97 Å². The van der Waals surface area contributed by atoms with E-state index in [1.807, 2.05) is 0 Å². The number of H-pyrrole nitrogens is 2. The number of aromatic carboxylic acids is 1. The van der Waals surface area contributed by atoms with Gasteiger partial charge in [0.15, 0.2) is 0 Å². The number of rotatable bonds is 4. The van der Waals surface area contributed by atoms with Crippen molar-refractivity contribution in [3.8, 4) is 0 Å². The van der Waals surface area contributed by atoms with Crippen molar-refractivity contribution in [3.05, 3.63) is 70.4 Å². The molecule has 0 aliphatic rings. The van der Waals surface area contributed by atoms with Gasteiger partial charge in [0.05, 0.1) is 16.1 Å². The number of aromatic nitrogens is 2. The van der Waals surface area contributed by atoms with E-state index >= 15 is 0 Å². The molecule has 8 nitrogen and oxygen atoms in total. The first-order chi connectivity index (χ1) is 13.7. The van der Waals surface area contributed by atoms with Crippen LogP contribution in [0.5, 0.6) is 0 Å². The Morgan fingerprint density at radius 3 is 2.62 bits per heavy atom. The Labute approximate surface area is 163 Å². The van der Waals surface area contributed by atoms with Crippen LogP contribution in [0, 0.1) is 5.82 Å². The quantitative estimate of drug-likeness (QED) is 0.473. The predicted octanol–water partition coefficient (Wildman–Crippen LogP) is 2.67. The van der Waals surface area contributed by atoms with Gasteiger partial charge in [0.1, 0.15) is 11.3 Å². The van der Waals surface area contributed by atoms with Gasteiger partial charge in [-0.25, -0.2) is 17.6 Å². The third-order valence-corrected chi connectivity index (χ3v) is 6.46. The number of aromatic amines is 2. The molecule has 0 atom stereocenters. The molecule has 4 rings (SSSR count). The molecule has 0 unspecified atom stereocenters. The Bertz CT molecular complexity index is 1460. The summed E-state index contributed by atoms with van der Waals surface area (Å²) >= 11 is 0. The Morgan fingerprint density at radius 2 is 1.93 bits per heavy atom. The number of benzene rings is 2. The summed E-state index contributed by atoms with van der Waals surface area (Å²) in [5.74, 6) is -1.84. The van der Waals surface area contributed by atoms with Gasteiger partial charge in [0.2, 0.25) is 0 Å². The number of pyridine rings is 1. The van der Waals surface area contributed by atoms with Gasteiger partial charge in [-0.05, 0) is 36.4 Å². The first kappa shape index (κ1) is 18.7. The molecule has 0 radical (unpaired) electrons. The number of hydrogen-bond acceptors (Lipinski definition) is 4. The zero-order chi connectivity index (χ0) is 20.9. The minimum absolute atomic E-state index is 0.0305. The second-order valence-corrected chi connectivity index (χ2v) is 8.34. The van der Waals surface area contributed by atoms with E-state index in [-0.39, 0.29) is 38.0 Å². The summed E-state index contributed by atoms with van der Waals surface area (Å²) in [7, 11) is -2.79. The van der Waals surface area contributed by atoms with Gasteiger partial charge < -0.3 is 15.1 Å². The molecule has 29 heavy (non-hydrogen) atoms. The molecule has 0 fully saturated rings. The number of fused-ring (bicyclic) bond motifs is 3. The van der Waals surface area contributed by atoms with Crippen molar-refractivity contribution in [1.29, 1.82) is 0 Å². The van der Waals surface area contributed by atoms with Crippen molar-refractivity contribution >= 4 is 43.5 Å². The maximum Gasteiger partial charge on any atom is 0.337 e. The standard InChI is InChI=1S/C19H14FN3O5S/c1-23(11-4-2-3-10(20)7-11)29(27,28)12-5-6-15-13(8-12)16-14(19(25)26)9-21-17(16)18(24)22-15/h2-9,21H,1H3,(H,22,24)(H,25,26). The highest BCUT2D eigenvalue weighted by Crippen LogP contribution is 2.29. The Kier molecular flexibility index (Phi) is 4.16. The van der Waals surface area contributed by atoms with Crippen LogP contribution >= 0.6 is 0 Å².